The molecule has 0 aromatic carbocycles. The fraction of sp³-hybridized carbons (Fsp3) is 0.222. The Labute approximate surface area is 77.2 Å². The van der Waals surface area contributed by atoms with Crippen molar-refractivity contribution in [3.05, 3.63) is 42.5 Å². The topological polar surface area (TPSA) is 43.6 Å². The van der Waals surface area contributed by atoms with Gasteiger partial charge in [-0.05, 0) is 19.1 Å². The number of aromatic nitrogens is 4. The lowest BCUT2D eigenvalue weighted by atomic mass is 10.5. The van der Waals surface area contributed by atoms with Crippen molar-refractivity contribution in [3.63, 3.8) is 0 Å². The number of hydrogen-bond donors (Lipinski definition) is 0. The predicted molar refractivity (Wildman–Crippen MR) is 50.0 cm³/mol. The standard InChI is InChI=1S/C5H5N.C4H7N3/c1-2-4-6-5-3-1;1-4-3-7(2)6-5-4/h1-5H;3H,1-2H3. The van der Waals surface area contributed by atoms with Gasteiger partial charge in [0.25, 0.3) is 0 Å². The number of rotatable bonds is 0. The van der Waals surface area contributed by atoms with Crippen molar-refractivity contribution in [2.75, 3.05) is 0 Å². The molecule has 0 aliphatic heterocycles. The van der Waals surface area contributed by atoms with Gasteiger partial charge in [-0.15, -0.1) is 5.10 Å². The van der Waals surface area contributed by atoms with Crippen LogP contribution in [0, 0.1) is 6.92 Å². The lowest BCUT2D eigenvalue weighted by molar-refractivity contribution is 0.714. The average molecular weight is 176 g/mol. The Kier molecular flexibility index (Phi) is 3.63. The number of nitrogens with zero attached hydrogens (tertiary/aromatic N) is 4. The van der Waals surface area contributed by atoms with Crippen molar-refractivity contribution >= 4 is 0 Å². The quantitative estimate of drug-likeness (QED) is 0.606. The Morgan fingerprint density at radius 2 is 1.85 bits per heavy atom. The van der Waals surface area contributed by atoms with Crippen LogP contribution in [0.3, 0.4) is 0 Å². The fourth-order valence-electron chi connectivity index (χ4n) is 0.776. The molecular weight excluding hydrogens is 164 g/mol. The lowest BCUT2D eigenvalue weighted by Gasteiger charge is -1.75. The fourth-order valence-corrected chi connectivity index (χ4v) is 0.776. The van der Waals surface area contributed by atoms with E-state index in [1.165, 1.54) is 0 Å². The third-order valence-electron chi connectivity index (χ3n) is 1.28. The summed E-state index contributed by atoms with van der Waals surface area (Å²) in [6.45, 7) is 1.91. The monoisotopic (exact) mass is 176 g/mol. The molecule has 2 heterocycles. The highest BCUT2D eigenvalue weighted by molar-refractivity contribution is 4.88. The summed E-state index contributed by atoms with van der Waals surface area (Å²) in [6, 6.07) is 5.72. The van der Waals surface area contributed by atoms with E-state index in [4.69, 9.17) is 0 Å². The second-order valence-corrected chi connectivity index (χ2v) is 2.56. The second kappa shape index (κ2) is 5.03. The van der Waals surface area contributed by atoms with Crippen LogP contribution in [0.2, 0.25) is 0 Å². The summed E-state index contributed by atoms with van der Waals surface area (Å²) >= 11 is 0. The van der Waals surface area contributed by atoms with Crippen molar-refractivity contribution in [3.8, 4) is 0 Å². The van der Waals surface area contributed by atoms with E-state index < -0.39 is 0 Å². The molecule has 2 aromatic heterocycles. The van der Waals surface area contributed by atoms with Gasteiger partial charge in [-0.1, -0.05) is 11.3 Å². The predicted octanol–water partition coefficient (Wildman–Crippen LogP) is 1.21. The zero-order chi connectivity index (χ0) is 9.52. The van der Waals surface area contributed by atoms with Gasteiger partial charge in [0.1, 0.15) is 0 Å². The van der Waals surface area contributed by atoms with E-state index in [0.717, 1.165) is 5.69 Å². The maximum Gasteiger partial charge on any atom is 0.0796 e. The zero-order valence-corrected chi connectivity index (χ0v) is 7.75. The van der Waals surface area contributed by atoms with Gasteiger partial charge in [-0.2, -0.15) is 0 Å². The van der Waals surface area contributed by atoms with Gasteiger partial charge >= 0.3 is 0 Å². The van der Waals surface area contributed by atoms with E-state index in [2.05, 4.69) is 15.3 Å². The minimum Gasteiger partial charge on any atom is -0.265 e. The minimum absolute atomic E-state index is 0.961. The average Bonchev–Trinajstić information content (AvgIpc) is 2.54. The summed E-state index contributed by atoms with van der Waals surface area (Å²) in [5.41, 5.74) is 0.961. The molecule has 0 fully saturated rings. The third kappa shape index (κ3) is 4.00. The normalized spacial score (nSPS) is 8.77. The van der Waals surface area contributed by atoms with Crippen molar-refractivity contribution in [1.82, 2.24) is 20.0 Å². The first-order valence-electron chi connectivity index (χ1n) is 3.97. The Morgan fingerprint density at radius 1 is 1.15 bits per heavy atom. The van der Waals surface area contributed by atoms with Crippen molar-refractivity contribution in [2.24, 2.45) is 7.05 Å². The van der Waals surface area contributed by atoms with Crippen LogP contribution in [0.15, 0.2) is 36.8 Å². The first-order valence-corrected chi connectivity index (χ1v) is 3.97. The molecule has 2 rings (SSSR count). The maximum absolute atomic E-state index is 3.78. The molecule has 0 aliphatic carbocycles. The molecule has 2 aromatic rings. The Hall–Kier alpha value is -1.71. The SMILES string of the molecule is Cc1cn(C)nn1.c1ccncc1. The van der Waals surface area contributed by atoms with Gasteiger partial charge in [-0.3, -0.25) is 9.67 Å². The van der Waals surface area contributed by atoms with E-state index in [-0.39, 0.29) is 0 Å². The van der Waals surface area contributed by atoms with Gasteiger partial charge in [0.2, 0.25) is 0 Å². The largest absolute Gasteiger partial charge is 0.265 e. The molecule has 0 aliphatic rings. The van der Waals surface area contributed by atoms with E-state index in [0.29, 0.717) is 0 Å². The van der Waals surface area contributed by atoms with Crippen LogP contribution in [0.25, 0.3) is 0 Å². The molecule has 68 valence electrons. The molecule has 4 heteroatoms. The Bertz CT molecular complexity index is 285. The Balaban J connectivity index is 0.000000132. The second-order valence-electron chi connectivity index (χ2n) is 2.56. The summed E-state index contributed by atoms with van der Waals surface area (Å²) < 4.78 is 1.68. The van der Waals surface area contributed by atoms with E-state index in [9.17, 15) is 0 Å². The van der Waals surface area contributed by atoms with Gasteiger partial charge in [0.05, 0.1) is 5.69 Å². The molecule has 0 saturated heterocycles. The highest BCUT2D eigenvalue weighted by Gasteiger charge is 1.83. The van der Waals surface area contributed by atoms with Gasteiger partial charge in [0.15, 0.2) is 0 Å². The van der Waals surface area contributed by atoms with Gasteiger partial charge in [0, 0.05) is 25.6 Å². The number of hydrogen-bond acceptors (Lipinski definition) is 3. The summed E-state index contributed by atoms with van der Waals surface area (Å²) in [7, 11) is 1.85. The lowest BCUT2D eigenvalue weighted by Crippen LogP contribution is -1.85. The van der Waals surface area contributed by atoms with Crippen molar-refractivity contribution in [1.29, 1.82) is 0 Å². The molecule has 0 atom stereocenters. The van der Waals surface area contributed by atoms with Crippen LogP contribution in [-0.4, -0.2) is 20.0 Å². The van der Waals surface area contributed by atoms with Gasteiger partial charge < -0.3 is 0 Å². The van der Waals surface area contributed by atoms with E-state index >= 15 is 0 Å². The molecule has 0 radical (unpaired) electrons. The summed E-state index contributed by atoms with van der Waals surface area (Å²) in [4.78, 5) is 3.78. The van der Waals surface area contributed by atoms with Crippen molar-refractivity contribution < 1.29 is 0 Å². The molecule has 0 bridgehead atoms. The van der Waals surface area contributed by atoms with E-state index in [1.807, 2.05) is 38.4 Å². The molecular formula is C9H12N4. The Morgan fingerprint density at radius 3 is 2.00 bits per heavy atom. The smallest absolute Gasteiger partial charge is 0.0796 e. The first kappa shape index (κ1) is 9.38. The van der Waals surface area contributed by atoms with Gasteiger partial charge in [-0.25, -0.2) is 0 Å². The molecule has 13 heavy (non-hydrogen) atoms. The van der Waals surface area contributed by atoms with Crippen LogP contribution < -0.4 is 0 Å². The molecule has 0 unspecified atom stereocenters. The highest BCUT2D eigenvalue weighted by atomic mass is 15.4. The van der Waals surface area contributed by atoms with Crippen LogP contribution in [-0.2, 0) is 7.05 Å². The number of aryl methyl sites for hydroxylation is 2. The number of pyridine rings is 1. The van der Waals surface area contributed by atoms with Crippen LogP contribution >= 0.6 is 0 Å². The molecule has 0 N–H and O–H groups in total. The first-order chi connectivity index (χ1) is 6.29. The van der Waals surface area contributed by atoms with Crippen LogP contribution in [0.4, 0.5) is 0 Å². The van der Waals surface area contributed by atoms with Crippen LogP contribution in [0.5, 0.6) is 0 Å². The minimum atomic E-state index is 0.961. The van der Waals surface area contributed by atoms with E-state index in [1.54, 1.807) is 17.1 Å². The van der Waals surface area contributed by atoms with Crippen molar-refractivity contribution in [2.45, 2.75) is 6.92 Å². The molecule has 0 spiro atoms. The zero-order valence-electron chi connectivity index (χ0n) is 7.75. The van der Waals surface area contributed by atoms with Crippen LogP contribution in [0.1, 0.15) is 5.69 Å². The molecule has 0 amide bonds. The molecule has 0 saturated carbocycles. The summed E-state index contributed by atoms with van der Waals surface area (Å²) in [5.74, 6) is 0. The highest BCUT2D eigenvalue weighted by Crippen LogP contribution is 1.82. The summed E-state index contributed by atoms with van der Waals surface area (Å²) in [5, 5.41) is 7.41. The molecule has 4 nitrogen and oxygen atoms in total. The maximum atomic E-state index is 3.78. The summed E-state index contributed by atoms with van der Waals surface area (Å²) in [6.07, 6.45) is 5.36. The third-order valence-corrected chi connectivity index (χ3v) is 1.28.